The Labute approximate surface area is 219 Å². The molecule has 3 rings (SSSR count). The molecular formula is C26H30F3N7O2. The number of anilines is 6. The molecule has 0 fully saturated rings. The van der Waals surface area contributed by atoms with Gasteiger partial charge in [0.15, 0.2) is 0 Å². The van der Waals surface area contributed by atoms with Crippen LogP contribution in [0, 0.1) is 0 Å². The molecule has 1 amide bonds. The van der Waals surface area contributed by atoms with Crippen molar-refractivity contribution in [2.24, 2.45) is 0 Å². The highest BCUT2D eigenvalue weighted by Crippen LogP contribution is 2.36. The summed E-state index contributed by atoms with van der Waals surface area (Å²) in [7, 11) is 7.45. The van der Waals surface area contributed by atoms with Gasteiger partial charge in [0.1, 0.15) is 17.1 Å². The maximum atomic E-state index is 13.7. The first-order valence-corrected chi connectivity index (χ1v) is 11.6. The van der Waals surface area contributed by atoms with Crippen LogP contribution >= 0.6 is 0 Å². The summed E-state index contributed by atoms with van der Waals surface area (Å²) in [5.74, 6) is -0.497. The number of aromatic nitrogens is 2. The molecule has 9 nitrogen and oxygen atoms in total. The minimum Gasteiger partial charge on any atom is -0.494 e. The van der Waals surface area contributed by atoms with E-state index in [1.54, 1.807) is 24.3 Å². The molecule has 0 spiro atoms. The second-order valence-electron chi connectivity index (χ2n) is 8.59. The van der Waals surface area contributed by atoms with Gasteiger partial charge in [0.2, 0.25) is 11.9 Å². The van der Waals surface area contributed by atoms with Crippen molar-refractivity contribution in [3.63, 3.8) is 0 Å². The molecule has 0 atom stereocenters. The average Bonchev–Trinajstić information content (AvgIpc) is 2.87. The standard InChI is InChI=1S/C26H30F3N7O2/c1-6-23(37)31-17-8-7-9-18(14-17)32-24-20(26(27,28)29)16-30-25(34-24)33-21-11-10-19(15-22(21)38-5)36(4)13-12-35(2)3/h6-11,14-16H,1,12-13H2,2-5H3,(H,31,37)(H2,30,32,33,34). The van der Waals surface area contributed by atoms with Crippen molar-refractivity contribution in [3.05, 3.63) is 66.9 Å². The molecule has 1 aromatic heterocycles. The molecule has 202 valence electrons. The van der Waals surface area contributed by atoms with E-state index in [4.69, 9.17) is 4.74 Å². The summed E-state index contributed by atoms with van der Waals surface area (Å²) < 4.78 is 46.7. The van der Waals surface area contributed by atoms with Gasteiger partial charge in [-0.3, -0.25) is 4.79 Å². The minimum absolute atomic E-state index is 0.0661. The van der Waals surface area contributed by atoms with Crippen molar-refractivity contribution in [2.75, 3.05) is 62.2 Å². The van der Waals surface area contributed by atoms with Gasteiger partial charge in [-0.2, -0.15) is 18.2 Å². The Hall–Kier alpha value is -4.32. The highest BCUT2D eigenvalue weighted by molar-refractivity contribution is 5.99. The number of rotatable bonds is 11. The summed E-state index contributed by atoms with van der Waals surface area (Å²) in [5.41, 5.74) is 1.00. The van der Waals surface area contributed by atoms with Crippen LogP contribution in [0.25, 0.3) is 0 Å². The Morgan fingerprint density at radius 2 is 1.82 bits per heavy atom. The molecule has 12 heteroatoms. The zero-order valence-corrected chi connectivity index (χ0v) is 21.6. The average molecular weight is 530 g/mol. The fraction of sp³-hybridized carbons (Fsp3) is 0.269. The molecule has 0 radical (unpaired) electrons. The lowest BCUT2D eigenvalue weighted by molar-refractivity contribution is -0.137. The van der Waals surface area contributed by atoms with E-state index in [2.05, 4.69) is 42.3 Å². The van der Waals surface area contributed by atoms with Crippen molar-refractivity contribution in [1.29, 1.82) is 0 Å². The van der Waals surface area contributed by atoms with Crippen LogP contribution in [0.15, 0.2) is 61.3 Å². The van der Waals surface area contributed by atoms with Crippen LogP contribution in [0.4, 0.5) is 47.7 Å². The van der Waals surface area contributed by atoms with E-state index in [0.29, 0.717) is 23.3 Å². The topological polar surface area (TPSA) is 94.6 Å². The Kier molecular flexibility index (Phi) is 9.13. The number of amides is 1. The maximum Gasteiger partial charge on any atom is 0.421 e. The van der Waals surface area contributed by atoms with Crippen molar-refractivity contribution in [2.45, 2.75) is 6.18 Å². The van der Waals surface area contributed by atoms with E-state index >= 15 is 0 Å². The third-order valence-electron chi connectivity index (χ3n) is 5.43. The van der Waals surface area contributed by atoms with Gasteiger partial charge in [0.05, 0.1) is 12.8 Å². The highest BCUT2D eigenvalue weighted by atomic mass is 19.4. The third-order valence-corrected chi connectivity index (χ3v) is 5.43. The first kappa shape index (κ1) is 28.3. The fourth-order valence-electron chi connectivity index (χ4n) is 3.37. The van der Waals surface area contributed by atoms with Crippen LogP contribution in [-0.4, -0.2) is 62.1 Å². The summed E-state index contributed by atoms with van der Waals surface area (Å²) in [6.07, 6.45) is -2.91. The van der Waals surface area contributed by atoms with Gasteiger partial charge in [0, 0.05) is 49.5 Å². The number of nitrogens with one attached hydrogen (secondary N) is 3. The number of alkyl halides is 3. The Morgan fingerprint density at radius 3 is 2.47 bits per heavy atom. The molecule has 0 bridgehead atoms. The number of methoxy groups -OCH3 is 1. The van der Waals surface area contributed by atoms with Crippen molar-refractivity contribution in [1.82, 2.24) is 14.9 Å². The largest absolute Gasteiger partial charge is 0.494 e. The van der Waals surface area contributed by atoms with E-state index in [1.165, 1.54) is 13.2 Å². The van der Waals surface area contributed by atoms with Crippen molar-refractivity contribution in [3.8, 4) is 5.75 Å². The van der Waals surface area contributed by atoms with Gasteiger partial charge >= 0.3 is 6.18 Å². The molecule has 1 heterocycles. The highest BCUT2D eigenvalue weighted by Gasteiger charge is 2.35. The lowest BCUT2D eigenvalue weighted by atomic mass is 10.2. The van der Waals surface area contributed by atoms with Gasteiger partial charge in [-0.1, -0.05) is 12.6 Å². The molecule has 3 aromatic rings. The Morgan fingerprint density at radius 1 is 1.08 bits per heavy atom. The van der Waals surface area contributed by atoms with Gasteiger partial charge in [-0.05, 0) is 50.5 Å². The SMILES string of the molecule is C=CC(=O)Nc1cccc(Nc2nc(Nc3ccc(N(C)CCN(C)C)cc3OC)ncc2C(F)(F)F)c1. The lowest BCUT2D eigenvalue weighted by Crippen LogP contribution is -2.28. The molecule has 3 N–H and O–H groups in total. The van der Waals surface area contributed by atoms with E-state index < -0.39 is 23.5 Å². The zero-order valence-electron chi connectivity index (χ0n) is 21.6. The second kappa shape index (κ2) is 12.3. The number of likely N-dealkylation sites (N-methyl/N-ethyl adjacent to an activating group) is 2. The quantitative estimate of drug-likeness (QED) is 0.295. The normalized spacial score (nSPS) is 11.2. The van der Waals surface area contributed by atoms with E-state index in [-0.39, 0.29) is 11.6 Å². The summed E-state index contributed by atoms with van der Waals surface area (Å²) in [5, 5.41) is 8.18. The van der Waals surface area contributed by atoms with Crippen LogP contribution in [0.5, 0.6) is 5.75 Å². The number of carbonyl (C=O) groups is 1. The summed E-state index contributed by atoms with van der Waals surface area (Å²) in [4.78, 5) is 23.7. The molecule has 0 saturated heterocycles. The predicted molar refractivity (Wildman–Crippen MR) is 144 cm³/mol. The fourth-order valence-corrected chi connectivity index (χ4v) is 3.37. The number of carbonyl (C=O) groups excluding carboxylic acids is 1. The molecule has 0 aliphatic heterocycles. The predicted octanol–water partition coefficient (Wildman–Crippen LogP) is 5.11. The number of benzene rings is 2. The van der Waals surface area contributed by atoms with E-state index in [9.17, 15) is 18.0 Å². The smallest absolute Gasteiger partial charge is 0.421 e. The van der Waals surface area contributed by atoms with Gasteiger partial charge < -0.3 is 30.5 Å². The zero-order chi connectivity index (χ0) is 27.9. The van der Waals surface area contributed by atoms with Crippen LogP contribution < -0.4 is 25.6 Å². The van der Waals surface area contributed by atoms with Crippen LogP contribution in [-0.2, 0) is 11.0 Å². The van der Waals surface area contributed by atoms with Crippen LogP contribution in [0.3, 0.4) is 0 Å². The number of nitrogens with zero attached hydrogens (tertiary/aromatic N) is 4. The molecule has 0 saturated carbocycles. The van der Waals surface area contributed by atoms with Crippen molar-refractivity contribution >= 4 is 40.4 Å². The molecule has 2 aromatic carbocycles. The third kappa shape index (κ3) is 7.59. The summed E-state index contributed by atoms with van der Waals surface area (Å²) >= 11 is 0. The number of ether oxygens (including phenoxy) is 1. The van der Waals surface area contributed by atoms with Gasteiger partial charge in [0.25, 0.3) is 0 Å². The maximum absolute atomic E-state index is 13.7. The summed E-state index contributed by atoms with van der Waals surface area (Å²) in [6.45, 7) is 5.03. The summed E-state index contributed by atoms with van der Waals surface area (Å²) in [6, 6.07) is 11.6. The van der Waals surface area contributed by atoms with Crippen molar-refractivity contribution < 1.29 is 22.7 Å². The van der Waals surface area contributed by atoms with Crippen LogP contribution in [0.2, 0.25) is 0 Å². The monoisotopic (exact) mass is 529 g/mol. The molecule has 0 unspecified atom stereocenters. The van der Waals surface area contributed by atoms with Crippen LogP contribution in [0.1, 0.15) is 5.56 Å². The minimum atomic E-state index is -4.70. The molecule has 38 heavy (non-hydrogen) atoms. The number of hydrogen-bond acceptors (Lipinski definition) is 8. The Bertz CT molecular complexity index is 1280. The van der Waals surface area contributed by atoms with Gasteiger partial charge in [-0.15, -0.1) is 0 Å². The second-order valence-corrected chi connectivity index (χ2v) is 8.59. The Balaban J connectivity index is 1.89. The first-order valence-electron chi connectivity index (χ1n) is 11.6. The van der Waals surface area contributed by atoms with E-state index in [0.717, 1.165) is 24.9 Å². The number of halogens is 3. The van der Waals surface area contributed by atoms with E-state index in [1.807, 2.05) is 33.3 Å². The molecule has 0 aliphatic rings. The number of hydrogen-bond donors (Lipinski definition) is 3. The lowest BCUT2D eigenvalue weighted by Gasteiger charge is -2.23. The first-order chi connectivity index (χ1) is 18.0. The molecular weight excluding hydrogens is 499 g/mol. The van der Waals surface area contributed by atoms with Gasteiger partial charge in [-0.25, -0.2) is 4.98 Å². The molecule has 0 aliphatic carbocycles.